The maximum atomic E-state index is 10.9. The van der Waals surface area contributed by atoms with Crippen molar-refractivity contribution in [1.29, 1.82) is 0 Å². The van der Waals surface area contributed by atoms with E-state index >= 15 is 0 Å². The molecule has 1 saturated carbocycles. The summed E-state index contributed by atoms with van der Waals surface area (Å²) < 4.78 is 1.84. The first kappa shape index (κ1) is 14.9. The fourth-order valence-corrected chi connectivity index (χ4v) is 4.06. The van der Waals surface area contributed by atoms with Crippen molar-refractivity contribution in [3.63, 3.8) is 0 Å². The predicted molar refractivity (Wildman–Crippen MR) is 78.4 cm³/mol. The summed E-state index contributed by atoms with van der Waals surface area (Å²) in [6.45, 7) is 6.50. The molecule has 0 radical (unpaired) electrons. The Hall–Kier alpha value is -0.540. The Morgan fingerprint density at radius 2 is 1.95 bits per heavy atom. The van der Waals surface area contributed by atoms with Gasteiger partial charge in [0, 0.05) is 13.5 Å². The first-order valence-electron chi connectivity index (χ1n) is 7.27. The summed E-state index contributed by atoms with van der Waals surface area (Å²) in [5.74, 6) is 1.15. The Bertz CT molecular complexity index is 445. The van der Waals surface area contributed by atoms with Gasteiger partial charge in [-0.2, -0.15) is 5.10 Å². The van der Waals surface area contributed by atoms with Crippen LogP contribution in [-0.4, -0.2) is 20.5 Å². The summed E-state index contributed by atoms with van der Waals surface area (Å²) in [6.07, 6.45) is 4.38. The molecule has 19 heavy (non-hydrogen) atoms. The van der Waals surface area contributed by atoms with E-state index in [-0.39, 0.29) is 0 Å². The molecule has 3 nitrogen and oxygen atoms in total. The molecule has 2 atom stereocenters. The van der Waals surface area contributed by atoms with Crippen molar-refractivity contribution in [1.82, 2.24) is 9.78 Å². The topological polar surface area (TPSA) is 38.0 Å². The van der Waals surface area contributed by atoms with Crippen LogP contribution in [0.4, 0.5) is 0 Å². The Morgan fingerprint density at radius 3 is 2.42 bits per heavy atom. The van der Waals surface area contributed by atoms with E-state index in [9.17, 15) is 5.11 Å². The van der Waals surface area contributed by atoms with Gasteiger partial charge in [0.1, 0.15) is 0 Å². The maximum absolute atomic E-state index is 10.9. The van der Waals surface area contributed by atoms with E-state index in [0.29, 0.717) is 18.3 Å². The van der Waals surface area contributed by atoms with Crippen LogP contribution in [0.2, 0.25) is 5.02 Å². The quantitative estimate of drug-likeness (QED) is 0.924. The maximum Gasteiger partial charge on any atom is 0.0850 e. The molecule has 0 spiro atoms. The molecule has 108 valence electrons. The van der Waals surface area contributed by atoms with E-state index in [1.807, 2.05) is 11.7 Å². The lowest BCUT2D eigenvalue weighted by molar-refractivity contribution is -0.0317. The van der Waals surface area contributed by atoms with Crippen molar-refractivity contribution in [2.75, 3.05) is 0 Å². The second-order valence-corrected chi connectivity index (χ2v) is 6.82. The molecule has 2 unspecified atom stereocenters. The number of hydrogen-bond acceptors (Lipinski definition) is 2. The van der Waals surface area contributed by atoms with E-state index in [2.05, 4.69) is 25.9 Å². The third kappa shape index (κ3) is 3.14. The van der Waals surface area contributed by atoms with Gasteiger partial charge in [-0.3, -0.25) is 4.68 Å². The van der Waals surface area contributed by atoms with Crippen molar-refractivity contribution >= 4 is 11.6 Å². The van der Waals surface area contributed by atoms with Crippen LogP contribution in [0, 0.1) is 11.8 Å². The van der Waals surface area contributed by atoms with Crippen LogP contribution in [0.5, 0.6) is 0 Å². The van der Waals surface area contributed by atoms with E-state index < -0.39 is 5.60 Å². The van der Waals surface area contributed by atoms with Crippen molar-refractivity contribution in [3.05, 3.63) is 16.4 Å². The minimum atomic E-state index is -0.625. The highest BCUT2D eigenvalue weighted by Crippen LogP contribution is 2.39. The van der Waals surface area contributed by atoms with Crippen molar-refractivity contribution in [2.24, 2.45) is 18.9 Å². The van der Waals surface area contributed by atoms with Crippen LogP contribution in [0.25, 0.3) is 0 Å². The molecule has 1 aliphatic rings. The number of rotatable bonds is 3. The highest BCUT2D eigenvalue weighted by Gasteiger charge is 2.37. The van der Waals surface area contributed by atoms with Crippen LogP contribution in [-0.2, 0) is 19.9 Å². The normalized spacial score (nSPS) is 31.7. The highest BCUT2D eigenvalue weighted by molar-refractivity contribution is 6.31. The van der Waals surface area contributed by atoms with Crippen molar-refractivity contribution in [3.8, 4) is 0 Å². The monoisotopic (exact) mass is 284 g/mol. The molecular weight excluding hydrogens is 260 g/mol. The van der Waals surface area contributed by atoms with Gasteiger partial charge in [0.2, 0.25) is 0 Å². The first-order valence-corrected chi connectivity index (χ1v) is 7.65. The van der Waals surface area contributed by atoms with Crippen molar-refractivity contribution < 1.29 is 5.11 Å². The third-order valence-electron chi connectivity index (χ3n) is 4.26. The molecule has 1 heterocycles. The summed E-state index contributed by atoms with van der Waals surface area (Å²) in [4.78, 5) is 0. The van der Waals surface area contributed by atoms with Gasteiger partial charge in [0.05, 0.1) is 22.0 Å². The van der Waals surface area contributed by atoms with Crippen LogP contribution >= 0.6 is 11.6 Å². The minimum absolute atomic E-state index is 0.575. The zero-order chi connectivity index (χ0) is 14.2. The standard InChI is InChI=1S/C15H25ClN2O/c1-5-12-14(16)13(18(4)17-12)9-15(19)7-10(2)6-11(3)8-15/h10-11,19H,5-9H2,1-4H3. The van der Waals surface area contributed by atoms with E-state index in [0.717, 1.165) is 35.7 Å². The molecule has 0 bridgehead atoms. The number of aryl methyl sites for hydroxylation is 2. The molecule has 1 aliphatic carbocycles. The van der Waals surface area contributed by atoms with Crippen molar-refractivity contribution in [2.45, 2.75) is 58.5 Å². The number of halogens is 1. The Kier molecular flexibility index (Phi) is 4.26. The lowest BCUT2D eigenvalue weighted by Crippen LogP contribution is -2.40. The fraction of sp³-hybridized carbons (Fsp3) is 0.800. The number of nitrogens with zero attached hydrogens (tertiary/aromatic N) is 2. The molecule has 1 aromatic rings. The summed E-state index contributed by atoms with van der Waals surface area (Å²) in [6, 6.07) is 0. The zero-order valence-corrected chi connectivity index (χ0v) is 13.2. The first-order chi connectivity index (χ1) is 8.84. The molecule has 0 amide bonds. The molecule has 1 aromatic heterocycles. The van der Waals surface area contributed by atoms with Gasteiger partial charge in [-0.1, -0.05) is 32.4 Å². The molecule has 0 saturated heterocycles. The number of aliphatic hydroxyl groups is 1. The van der Waals surface area contributed by atoms with Crippen LogP contribution in [0.1, 0.15) is 51.4 Å². The highest BCUT2D eigenvalue weighted by atomic mass is 35.5. The van der Waals surface area contributed by atoms with Gasteiger partial charge in [-0.05, 0) is 37.5 Å². The van der Waals surface area contributed by atoms with Gasteiger partial charge >= 0.3 is 0 Å². The Labute approximate surface area is 121 Å². The smallest absolute Gasteiger partial charge is 0.0850 e. The predicted octanol–water partition coefficient (Wildman–Crippen LogP) is 3.37. The fourth-order valence-electron chi connectivity index (χ4n) is 3.70. The molecule has 2 rings (SSSR count). The molecule has 1 N–H and O–H groups in total. The summed E-state index contributed by atoms with van der Waals surface area (Å²) >= 11 is 6.39. The zero-order valence-electron chi connectivity index (χ0n) is 12.4. The lowest BCUT2D eigenvalue weighted by Gasteiger charge is -2.39. The van der Waals surface area contributed by atoms with Crippen LogP contribution in [0.15, 0.2) is 0 Å². The molecule has 0 aliphatic heterocycles. The van der Waals surface area contributed by atoms with E-state index in [1.165, 1.54) is 6.42 Å². The van der Waals surface area contributed by atoms with Gasteiger partial charge in [0.15, 0.2) is 0 Å². The minimum Gasteiger partial charge on any atom is -0.389 e. The molecular formula is C15H25ClN2O. The second kappa shape index (κ2) is 5.45. The average molecular weight is 285 g/mol. The average Bonchev–Trinajstić information content (AvgIpc) is 2.54. The molecule has 4 heteroatoms. The third-order valence-corrected chi connectivity index (χ3v) is 4.70. The van der Waals surface area contributed by atoms with Gasteiger partial charge in [-0.25, -0.2) is 0 Å². The number of hydrogen-bond donors (Lipinski definition) is 1. The van der Waals surface area contributed by atoms with Gasteiger partial charge in [-0.15, -0.1) is 0 Å². The SMILES string of the molecule is CCc1nn(C)c(CC2(O)CC(C)CC(C)C2)c1Cl. The molecule has 1 fully saturated rings. The van der Waals surface area contributed by atoms with Gasteiger partial charge in [0.25, 0.3) is 0 Å². The van der Waals surface area contributed by atoms with Crippen LogP contribution < -0.4 is 0 Å². The number of aromatic nitrogens is 2. The van der Waals surface area contributed by atoms with E-state index in [1.54, 1.807) is 0 Å². The summed E-state index contributed by atoms with van der Waals surface area (Å²) in [5.41, 5.74) is 1.28. The summed E-state index contributed by atoms with van der Waals surface area (Å²) in [7, 11) is 1.92. The van der Waals surface area contributed by atoms with Crippen LogP contribution in [0.3, 0.4) is 0 Å². The Balaban J connectivity index is 2.22. The van der Waals surface area contributed by atoms with Gasteiger partial charge < -0.3 is 5.11 Å². The van der Waals surface area contributed by atoms with E-state index in [4.69, 9.17) is 11.6 Å². The lowest BCUT2D eigenvalue weighted by atomic mass is 9.72. The summed E-state index contributed by atoms with van der Waals surface area (Å²) in [5, 5.41) is 16.1. The largest absolute Gasteiger partial charge is 0.389 e. The second-order valence-electron chi connectivity index (χ2n) is 6.44. The molecule has 0 aromatic carbocycles. The Morgan fingerprint density at radius 1 is 1.37 bits per heavy atom.